The first-order chi connectivity index (χ1) is 13.8. The molecule has 152 valence electrons. The SMILES string of the molecule is Cc1cn(C=C2C(=O)Nc3ccc(Cl)cc32)c2c1C(=O)N(CCN(C)C)CCC2. The van der Waals surface area contributed by atoms with Gasteiger partial charge >= 0.3 is 0 Å². The molecule has 6 nitrogen and oxygen atoms in total. The summed E-state index contributed by atoms with van der Waals surface area (Å²) in [6.45, 7) is 4.25. The molecule has 1 aromatic carbocycles. The van der Waals surface area contributed by atoms with E-state index in [2.05, 4.69) is 10.2 Å². The Labute approximate surface area is 175 Å². The van der Waals surface area contributed by atoms with Gasteiger partial charge in [-0.25, -0.2) is 0 Å². The van der Waals surface area contributed by atoms with Gasteiger partial charge in [0.15, 0.2) is 0 Å². The summed E-state index contributed by atoms with van der Waals surface area (Å²) in [6.07, 6.45) is 5.46. The fourth-order valence-corrected chi connectivity index (χ4v) is 4.20. The van der Waals surface area contributed by atoms with Gasteiger partial charge < -0.3 is 19.7 Å². The van der Waals surface area contributed by atoms with Crippen molar-refractivity contribution in [2.24, 2.45) is 0 Å². The Bertz CT molecular complexity index is 1020. The molecule has 29 heavy (non-hydrogen) atoms. The maximum Gasteiger partial charge on any atom is 0.257 e. The number of hydrogen-bond acceptors (Lipinski definition) is 3. The molecule has 0 atom stereocenters. The molecule has 2 aromatic rings. The molecule has 1 N–H and O–H groups in total. The number of aromatic nitrogens is 1. The molecule has 0 bridgehead atoms. The van der Waals surface area contributed by atoms with Crippen molar-refractivity contribution in [2.45, 2.75) is 19.8 Å². The number of likely N-dealkylation sites (N-methyl/N-ethyl adjacent to an activating group) is 1. The van der Waals surface area contributed by atoms with Crippen LogP contribution in [0.1, 0.15) is 33.6 Å². The highest BCUT2D eigenvalue weighted by atomic mass is 35.5. The fourth-order valence-electron chi connectivity index (χ4n) is 4.03. The number of nitrogens with zero attached hydrogens (tertiary/aromatic N) is 3. The number of fused-ring (bicyclic) bond motifs is 2. The van der Waals surface area contributed by atoms with Gasteiger partial charge in [0.05, 0.1) is 11.1 Å². The summed E-state index contributed by atoms with van der Waals surface area (Å²) in [5, 5.41) is 3.46. The Balaban J connectivity index is 1.72. The highest BCUT2D eigenvalue weighted by molar-refractivity contribution is 6.36. The molecule has 4 rings (SSSR count). The lowest BCUT2D eigenvalue weighted by molar-refractivity contribution is -0.110. The van der Waals surface area contributed by atoms with Crippen LogP contribution in [-0.4, -0.2) is 59.9 Å². The number of carbonyl (C=O) groups excluding carboxylic acids is 2. The number of nitrogens with one attached hydrogen (secondary N) is 1. The molecular weight excluding hydrogens is 388 g/mol. The largest absolute Gasteiger partial charge is 0.337 e. The number of halogens is 1. The van der Waals surface area contributed by atoms with Gasteiger partial charge in [-0.15, -0.1) is 0 Å². The number of anilines is 1. The summed E-state index contributed by atoms with van der Waals surface area (Å²) < 4.78 is 1.95. The van der Waals surface area contributed by atoms with Crippen LogP contribution in [0.5, 0.6) is 0 Å². The van der Waals surface area contributed by atoms with E-state index in [4.69, 9.17) is 11.6 Å². The zero-order valence-electron chi connectivity index (χ0n) is 17.0. The van der Waals surface area contributed by atoms with Crippen LogP contribution in [0, 0.1) is 6.92 Å². The molecule has 0 fully saturated rings. The maximum absolute atomic E-state index is 13.2. The van der Waals surface area contributed by atoms with Crippen LogP contribution in [0.2, 0.25) is 5.02 Å². The van der Waals surface area contributed by atoms with Crippen molar-refractivity contribution in [3.63, 3.8) is 0 Å². The van der Waals surface area contributed by atoms with Gasteiger partial charge in [-0.1, -0.05) is 11.6 Å². The molecule has 0 spiro atoms. The summed E-state index contributed by atoms with van der Waals surface area (Å²) in [5.41, 5.74) is 4.77. The van der Waals surface area contributed by atoms with Crippen LogP contribution in [0.25, 0.3) is 11.8 Å². The second-order valence-corrected chi connectivity index (χ2v) is 8.36. The van der Waals surface area contributed by atoms with Crippen LogP contribution in [0.4, 0.5) is 5.69 Å². The maximum atomic E-state index is 13.2. The number of rotatable bonds is 4. The van der Waals surface area contributed by atoms with E-state index >= 15 is 0 Å². The summed E-state index contributed by atoms with van der Waals surface area (Å²) in [6, 6.07) is 5.37. The Morgan fingerprint density at radius 3 is 2.83 bits per heavy atom. The number of amides is 2. The molecule has 2 amide bonds. The van der Waals surface area contributed by atoms with Gasteiger partial charge in [0.2, 0.25) is 0 Å². The Kier molecular flexibility index (Phi) is 5.23. The topological polar surface area (TPSA) is 57.6 Å². The van der Waals surface area contributed by atoms with E-state index < -0.39 is 0 Å². The van der Waals surface area contributed by atoms with Crippen molar-refractivity contribution in [1.29, 1.82) is 0 Å². The molecule has 2 aliphatic rings. The minimum absolute atomic E-state index is 0.0771. The van der Waals surface area contributed by atoms with Crippen molar-refractivity contribution in [2.75, 3.05) is 39.0 Å². The normalized spacial score (nSPS) is 17.6. The van der Waals surface area contributed by atoms with Gasteiger partial charge in [-0.3, -0.25) is 9.59 Å². The van der Waals surface area contributed by atoms with Crippen LogP contribution in [0.3, 0.4) is 0 Å². The first-order valence-electron chi connectivity index (χ1n) is 9.82. The predicted octanol–water partition coefficient (Wildman–Crippen LogP) is 3.35. The van der Waals surface area contributed by atoms with Gasteiger partial charge in [0.25, 0.3) is 11.8 Å². The van der Waals surface area contributed by atoms with Crippen LogP contribution < -0.4 is 5.32 Å². The zero-order chi connectivity index (χ0) is 20.7. The third-order valence-electron chi connectivity index (χ3n) is 5.52. The Morgan fingerprint density at radius 1 is 1.28 bits per heavy atom. The summed E-state index contributed by atoms with van der Waals surface area (Å²) in [7, 11) is 4.02. The van der Waals surface area contributed by atoms with Crippen molar-refractivity contribution >= 4 is 40.9 Å². The predicted molar refractivity (Wildman–Crippen MR) is 116 cm³/mol. The first-order valence-corrected chi connectivity index (χ1v) is 10.2. The minimum atomic E-state index is -0.157. The van der Waals surface area contributed by atoms with E-state index in [-0.39, 0.29) is 11.8 Å². The smallest absolute Gasteiger partial charge is 0.257 e. The second kappa shape index (κ2) is 7.69. The third-order valence-corrected chi connectivity index (χ3v) is 5.76. The molecular formula is C22H25ClN4O2. The lowest BCUT2D eigenvalue weighted by atomic mass is 10.1. The van der Waals surface area contributed by atoms with Gasteiger partial charge in [0.1, 0.15) is 0 Å². The highest BCUT2D eigenvalue weighted by Crippen LogP contribution is 2.35. The summed E-state index contributed by atoms with van der Waals surface area (Å²) in [4.78, 5) is 29.8. The molecule has 0 aliphatic carbocycles. The standard InChI is InChI=1S/C22H25ClN4O2/c1-14-12-27(13-17-16-11-15(23)6-7-18(16)24-21(17)28)19-5-4-8-26(10-9-25(2)3)22(29)20(14)19/h6-7,11-13H,4-5,8-10H2,1-3H3,(H,24,28). The average molecular weight is 413 g/mol. The van der Waals surface area contributed by atoms with E-state index in [0.29, 0.717) is 17.1 Å². The molecule has 3 heterocycles. The lowest BCUT2D eigenvalue weighted by Gasteiger charge is -2.22. The van der Waals surface area contributed by atoms with E-state index in [1.54, 1.807) is 12.1 Å². The van der Waals surface area contributed by atoms with Crippen molar-refractivity contribution in [1.82, 2.24) is 14.4 Å². The van der Waals surface area contributed by atoms with Crippen LogP contribution >= 0.6 is 11.6 Å². The van der Waals surface area contributed by atoms with Crippen molar-refractivity contribution in [3.8, 4) is 0 Å². The molecule has 0 radical (unpaired) electrons. The number of hydrogen-bond donors (Lipinski definition) is 1. The van der Waals surface area contributed by atoms with Crippen LogP contribution in [0.15, 0.2) is 24.4 Å². The molecule has 7 heteroatoms. The lowest BCUT2D eigenvalue weighted by Crippen LogP contribution is -2.36. The molecule has 0 saturated heterocycles. The highest BCUT2D eigenvalue weighted by Gasteiger charge is 2.29. The van der Waals surface area contributed by atoms with E-state index in [9.17, 15) is 9.59 Å². The molecule has 0 saturated carbocycles. The first kappa shape index (κ1) is 19.7. The number of carbonyl (C=O) groups is 2. The van der Waals surface area contributed by atoms with Gasteiger partial charge in [-0.2, -0.15) is 0 Å². The summed E-state index contributed by atoms with van der Waals surface area (Å²) >= 11 is 6.14. The molecule has 2 aliphatic heterocycles. The van der Waals surface area contributed by atoms with Crippen LogP contribution in [-0.2, 0) is 11.2 Å². The van der Waals surface area contributed by atoms with Crippen molar-refractivity contribution < 1.29 is 9.59 Å². The zero-order valence-corrected chi connectivity index (χ0v) is 17.7. The van der Waals surface area contributed by atoms with E-state index in [1.807, 2.05) is 48.9 Å². The molecule has 1 aromatic heterocycles. The van der Waals surface area contributed by atoms with E-state index in [1.165, 1.54) is 0 Å². The summed E-state index contributed by atoms with van der Waals surface area (Å²) in [5.74, 6) is -0.0803. The van der Waals surface area contributed by atoms with E-state index in [0.717, 1.165) is 54.0 Å². The average Bonchev–Trinajstić information content (AvgIpc) is 3.06. The Morgan fingerprint density at radius 2 is 2.07 bits per heavy atom. The Hall–Kier alpha value is -2.57. The fraction of sp³-hybridized carbons (Fsp3) is 0.364. The van der Waals surface area contributed by atoms with Gasteiger partial charge in [-0.05, 0) is 57.6 Å². The second-order valence-electron chi connectivity index (χ2n) is 7.93. The van der Waals surface area contributed by atoms with Crippen molar-refractivity contribution in [3.05, 3.63) is 51.8 Å². The minimum Gasteiger partial charge on any atom is -0.337 e. The third kappa shape index (κ3) is 3.70. The van der Waals surface area contributed by atoms with Gasteiger partial charge in [0, 0.05) is 54.0 Å². The molecule has 0 unspecified atom stereocenters. The number of benzene rings is 1. The monoisotopic (exact) mass is 412 g/mol. The number of aryl methyl sites for hydroxylation is 1. The quantitative estimate of drug-likeness (QED) is 0.783.